The van der Waals surface area contributed by atoms with Crippen LogP contribution in [0.25, 0.3) is 10.6 Å². The topological polar surface area (TPSA) is 92.3 Å². The highest BCUT2D eigenvalue weighted by Crippen LogP contribution is 2.28. The van der Waals surface area contributed by atoms with Crippen LogP contribution in [0, 0.1) is 0 Å². The minimum Gasteiger partial charge on any atom is -0.299 e. The zero-order chi connectivity index (χ0) is 19.4. The second-order valence-corrected chi connectivity index (χ2v) is 8.84. The summed E-state index contributed by atoms with van der Waals surface area (Å²) in [6.45, 7) is -0.428. The maximum atomic E-state index is 12.4. The van der Waals surface area contributed by atoms with Crippen molar-refractivity contribution in [2.75, 3.05) is 22.4 Å². The summed E-state index contributed by atoms with van der Waals surface area (Å²) >= 11 is 7.28. The second kappa shape index (κ2) is 8.03. The fourth-order valence-corrected chi connectivity index (χ4v) is 4.22. The molecule has 0 saturated heterocycles. The van der Waals surface area contributed by atoms with Gasteiger partial charge in [-0.25, -0.2) is 8.42 Å². The average Bonchev–Trinajstić information content (AvgIpc) is 3.09. The molecule has 27 heavy (non-hydrogen) atoms. The minimum absolute atomic E-state index is 0.234. The van der Waals surface area contributed by atoms with Crippen LogP contribution in [0.5, 0.6) is 0 Å². The molecule has 0 unspecified atom stereocenters. The predicted molar refractivity (Wildman–Crippen MR) is 108 cm³/mol. The highest BCUT2D eigenvalue weighted by atomic mass is 35.5. The predicted octanol–water partition coefficient (Wildman–Crippen LogP) is 3.26. The average molecular weight is 423 g/mol. The number of nitrogens with zero attached hydrogens (tertiary/aromatic N) is 3. The van der Waals surface area contributed by atoms with Gasteiger partial charge in [0.25, 0.3) is 0 Å². The van der Waals surface area contributed by atoms with Crippen molar-refractivity contribution < 1.29 is 13.2 Å². The van der Waals surface area contributed by atoms with Gasteiger partial charge < -0.3 is 0 Å². The summed E-state index contributed by atoms with van der Waals surface area (Å²) in [7, 11) is -3.71. The van der Waals surface area contributed by atoms with Gasteiger partial charge in [-0.2, -0.15) is 0 Å². The molecular weight excluding hydrogens is 408 g/mol. The first-order chi connectivity index (χ1) is 12.8. The molecule has 1 N–H and O–H groups in total. The molecule has 2 aromatic carbocycles. The van der Waals surface area contributed by atoms with Crippen LogP contribution in [-0.4, -0.2) is 37.3 Å². The van der Waals surface area contributed by atoms with E-state index in [2.05, 4.69) is 15.5 Å². The third-order valence-corrected chi connectivity index (χ3v) is 5.83. The fourth-order valence-electron chi connectivity index (χ4n) is 2.30. The van der Waals surface area contributed by atoms with Crippen LogP contribution in [0.15, 0.2) is 54.6 Å². The molecule has 1 amide bonds. The molecule has 0 aliphatic heterocycles. The molecule has 0 aliphatic carbocycles. The first kappa shape index (κ1) is 19.3. The molecule has 7 nitrogen and oxygen atoms in total. The fraction of sp³-hybridized carbons (Fsp3) is 0.118. The highest BCUT2D eigenvalue weighted by Gasteiger charge is 2.23. The van der Waals surface area contributed by atoms with Crippen molar-refractivity contribution in [3.8, 4) is 10.6 Å². The van der Waals surface area contributed by atoms with Gasteiger partial charge in [-0.1, -0.05) is 65.4 Å². The van der Waals surface area contributed by atoms with Crippen molar-refractivity contribution in [3.63, 3.8) is 0 Å². The van der Waals surface area contributed by atoms with Gasteiger partial charge in [0.2, 0.25) is 21.1 Å². The number of aromatic nitrogens is 2. The van der Waals surface area contributed by atoms with Gasteiger partial charge in [-0.05, 0) is 12.1 Å². The van der Waals surface area contributed by atoms with E-state index in [1.54, 1.807) is 18.2 Å². The van der Waals surface area contributed by atoms with Gasteiger partial charge in [-0.15, -0.1) is 10.2 Å². The van der Waals surface area contributed by atoms with Gasteiger partial charge in [0, 0.05) is 5.56 Å². The van der Waals surface area contributed by atoms with E-state index >= 15 is 0 Å². The first-order valence-corrected chi connectivity index (χ1v) is 10.8. The molecule has 3 rings (SSSR count). The van der Waals surface area contributed by atoms with Crippen molar-refractivity contribution in [3.05, 3.63) is 59.6 Å². The molecule has 0 atom stereocenters. The molecule has 0 aliphatic rings. The Bertz CT molecular complexity index is 1050. The SMILES string of the molecule is CS(=O)(=O)N(CC(=O)Nc1nnc(-c2ccccc2)s1)c1ccccc1Cl. The highest BCUT2D eigenvalue weighted by molar-refractivity contribution is 7.92. The van der Waals surface area contributed by atoms with E-state index < -0.39 is 22.5 Å². The lowest BCUT2D eigenvalue weighted by Crippen LogP contribution is -2.37. The van der Waals surface area contributed by atoms with Crippen molar-refractivity contribution >= 4 is 49.7 Å². The van der Waals surface area contributed by atoms with Gasteiger partial charge in [-0.3, -0.25) is 14.4 Å². The van der Waals surface area contributed by atoms with Gasteiger partial charge >= 0.3 is 0 Å². The first-order valence-electron chi connectivity index (χ1n) is 7.75. The number of halogens is 1. The van der Waals surface area contributed by atoms with Crippen LogP contribution in [-0.2, 0) is 14.8 Å². The molecule has 1 aromatic heterocycles. The van der Waals surface area contributed by atoms with Crippen LogP contribution in [0.3, 0.4) is 0 Å². The van der Waals surface area contributed by atoms with E-state index in [9.17, 15) is 13.2 Å². The van der Waals surface area contributed by atoms with E-state index in [-0.39, 0.29) is 15.8 Å². The van der Waals surface area contributed by atoms with E-state index in [1.165, 1.54) is 17.4 Å². The Morgan fingerprint density at radius 1 is 1.11 bits per heavy atom. The number of carbonyl (C=O) groups excluding carboxylic acids is 1. The Hall–Kier alpha value is -2.49. The Balaban J connectivity index is 1.76. The van der Waals surface area contributed by atoms with E-state index in [1.807, 2.05) is 30.3 Å². The van der Waals surface area contributed by atoms with Crippen LogP contribution in [0.2, 0.25) is 5.02 Å². The Labute approximate surface area is 165 Å². The molecule has 1 heterocycles. The van der Waals surface area contributed by atoms with Gasteiger partial charge in [0.05, 0.1) is 17.0 Å². The summed E-state index contributed by atoms with van der Waals surface area (Å²) in [5.74, 6) is -0.545. The maximum absolute atomic E-state index is 12.4. The van der Waals surface area contributed by atoms with Crippen molar-refractivity contribution in [2.45, 2.75) is 0 Å². The van der Waals surface area contributed by atoms with Crippen molar-refractivity contribution in [2.24, 2.45) is 0 Å². The summed E-state index contributed by atoms with van der Waals surface area (Å²) in [6, 6.07) is 15.8. The summed E-state index contributed by atoms with van der Waals surface area (Å²) in [6.07, 6.45) is 1.02. The number of anilines is 2. The minimum atomic E-state index is -3.71. The smallest absolute Gasteiger partial charge is 0.246 e. The quantitative estimate of drug-likeness (QED) is 0.658. The molecule has 0 radical (unpaired) electrons. The lowest BCUT2D eigenvalue weighted by Gasteiger charge is -2.22. The molecule has 0 fully saturated rings. The summed E-state index contributed by atoms with van der Waals surface area (Å²) in [5.41, 5.74) is 1.11. The van der Waals surface area contributed by atoms with Crippen LogP contribution in [0.4, 0.5) is 10.8 Å². The van der Waals surface area contributed by atoms with Crippen LogP contribution < -0.4 is 9.62 Å². The number of benzene rings is 2. The van der Waals surface area contributed by atoms with E-state index in [4.69, 9.17) is 11.6 Å². The zero-order valence-electron chi connectivity index (χ0n) is 14.2. The Morgan fingerprint density at radius 3 is 2.44 bits per heavy atom. The normalized spacial score (nSPS) is 11.2. The largest absolute Gasteiger partial charge is 0.299 e. The molecule has 10 heteroatoms. The number of sulfonamides is 1. The lowest BCUT2D eigenvalue weighted by molar-refractivity contribution is -0.114. The third-order valence-electron chi connectivity index (χ3n) is 3.50. The van der Waals surface area contributed by atoms with Crippen molar-refractivity contribution in [1.82, 2.24) is 10.2 Å². The van der Waals surface area contributed by atoms with E-state index in [0.29, 0.717) is 5.01 Å². The number of carbonyl (C=O) groups is 1. The zero-order valence-corrected chi connectivity index (χ0v) is 16.6. The number of amides is 1. The van der Waals surface area contributed by atoms with Crippen molar-refractivity contribution in [1.29, 1.82) is 0 Å². The third kappa shape index (κ3) is 4.82. The molecule has 0 spiro atoms. The van der Waals surface area contributed by atoms with Crippen LogP contribution >= 0.6 is 22.9 Å². The van der Waals surface area contributed by atoms with Gasteiger partial charge in [0.1, 0.15) is 11.6 Å². The molecule has 3 aromatic rings. The lowest BCUT2D eigenvalue weighted by atomic mass is 10.2. The Morgan fingerprint density at radius 2 is 1.78 bits per heavy atom. The number of hydrogen-bond donors (Lipinski definition) is 1. The molecule has 140 valence electrons. The summed E-state index contributed by atoms with van der Waals surface area (Å²) in [4.78, 5) is 12.4. The number of hydrogen-bond acceptors (Lipinski definition) is 6. The molecular formula is C17H15ClN4O3S2. The standard InChI is InChI=1S/C17H15ClN4O3S2/c1-27(24,25)22(14-10-6-5-9-13(14)18)11-15(23)19-17-21-20-16(26-17)12-7-3-2-4-8-12/h2-10H,11H2,1H3,(H,19,21,23). The van der Waals surface area contributed by atoms with E-state index in [0.717, 1.165) is 16.1 Å². The second-order valence-electron chi connectivity index (χ2n) is 5.55. The summed E-state index contributed by atoms with van der Waals surface area (Å²) < 4.78 is 25.2. The molecule has 0 saturated carbocycles. The number of para-hydroxylation sites is 1. The molecule has 0 bridgehead atoms. The Kier molecular flexibility index (Phi) is 5.73. The summed E-state index contributed by atoms with van der Waals surface area (Å²) in [5, 5.41) is 11.7. The number of rotatable bonds is 6. The maximum Gasteiger partial charge on any atom is 0.246 e. The van der Waals surface area contributed by atoms with Crippen LogP contribution in [0.1, 0.15) is 0 Å². The van der Waals surface area contributed by atoms with Gasteiger partial charge in [0.15, 0.2) is 0 Å². The number of nitrogens with one attached hydrogen (secondary N) is 1. The monoisotopic (exact) mass is 422 g/mol.